The van der Waals surface area contributed by atoms with Gasteiger partial charge in [0.05, 0.1) is 11.9 Å². The standard InChI is InChI=1S/C15H25N5O3S2/c1-12-11-24-15(16-12)19-8-6-18(7-9-19)14(21)17-13-4-3-5-20(10-13)25(2,22)23/h11,13H,3-10H2,1-2H3,(H,17,21). The van der Waals surface area contributed by atoms with Crippen molar-refractivity contribution in [2.24, 2.45) is 0 Å². The molecular weight excluding hydrogens is 362 g/mol. The number of aromatic nitrogens is 1. The van der Waals surface area contributed by atoms with Crippen LogP contribution in [-0.4, -0.2) is 80.2 Å². The third-order valence-electron chi connectivity index (χ3n) is 4.63. The molecule has 8 nitrogen and oxygen atoms in total. The number of piperidine rings is 1. The quantitative estimate of drug-likeness (QED) is 0.825. The topological polar surface area (TPSA) is 85.9 Å². The van der Waals surface area contributed by atoms with Crippen LogP contribution in [0.5, 0.6) is 0 Å². The second-order valence-corrected chi connectivity index (χ2v) is 9.47. The van der Waals surface area contributed by atoms with Crippen LogP contribution in [0.2, 0.25) is 0 Å². The van der Waals surface area contributed by atoms with E-state index >= 15 is 0 Å². The number of sulfonamides is 1. The third kappa shape index (κ3) is 4.62. The Hall–Kier alpha value is -1.39. The summed E-state index contributed by atoms with van der Waals surface area (Å²) >= 11 is 1.63. The monoisotopic (exact) mass is 387 g/mol. The summed E-state index contributed by atoms with van der Waals surface area (Å²) < 4.78 is 24.8. The number of amides is 2. The fraction of sp³-hybridized carbons (Fsp3) is 0.733. The predicted octanol–water partition coefficient (Wildman–Crippen LogP) is 0.707. The van der Waals surface area contributed by atoms with E-state index < -0.39 is 10.0 Å². The first-order valence-electron chi connectivity index (χ1n) is 8.50. The number of aryl methyl sites for hydroxylation is 1. The molecule has 2 saturated heterocycles. The molecule has 1 aromatic rings. The Labute approximate surface area is 152 Å². The van der Waals surface area contributed by atoms with Gasteiger partial charge in [-0.05, 0) is 19.8 Å². The molecule has 140 valence electrons. The van der Waals surface area contributed by atoms with Gasteiger partial charge in [-0.3, -0.25) is 0 Å². The summed E-state index contributed by atoms with van der Waals surface area (Å²) in [7, 11) is -3.20. The van der Waals surface area contributed by atoms with Gasteiger partial charge in [-0.2, -0.15) is 0 Å². The van der Waals surface area contributed by atoms with E-state index in [1.54, 1.807) is 16.2 Å². The lowest BCUT2D eigenvalue weighted by Gasteiger charge is -2.37. The smallest absolute Gasteiger partial charge is 0.317 e. The molecule has 3 heterocycles. The maximum absolute atomic E-state index is 12.5. The summed E-state index contributed by atoms with van der Waals surface area (Å²) in [6.07, 6.45) is 2.81. The van der Waals surface area contributed by atoms with Crippen LogP contribution in [0.3, 0.4) is 0 Å². The number of anilines is 1. The van der Waals surface area contributed by atoms with E-state index in [0.29, 0.717) is 26.2 Å². The van der Waals surface area contributed by atoms with Gasteiger partial charge >= 0.3 is 6.03 Å². The van der Waals surface area contributed by atoms with Crippen molar-refractivity contribution in [3.8, 4) is 0 Å². The number of nitrogens with zero attached hydrogens (tertiary/aromatic N) is 4. The molecule has 1 aromatic heterocycles. The van der Waals surface area contributed by atoms with Crippen LogP contribution in [0.15, 0.2) is 5.38 Å². The molecule has 2 fully saturated rings. The lowest BCUT2D eigenvalue weighted by Crippen LogP contribution is -2.56. The van der Waals surface area contributed by atoms with E-state index in [1.165, 1.54) is 10.6 Å². The summed E-state index contributed by atoms with van der Waals surface area (Å²) in [5, 5.41) is 6.04. The van der Waals surface area contributed by atoms with Crippen LogP contribution in [0.1, 0.15) is 18.5 Å². The molecule has 0 bridgehead atoms. The molecule has 25 heavy (non-hydrogen) atoms. The number of thiazole rings is 1. The maximum atomic E-state index is 12.5. The molecule has 0 aliphatic carbocycles. The number of hydrogen-bond acceptors (Lipinski definition) is 6. The lowest BCUT2D eigenvalue weighted by molar-refractivity contribution is 0.183. The minimum absolute atomic E-state index is 0.102. The van der Waals surface area contributed by atoms with Crippen molar-refractivity contribution in [3.05, 3.63) is 11.1 Å². The summed E-state index contributed by atoms with van der Waals surface area (Å²) in [6.45, 7) is 5.70. The number of rotatable bonds is 3. The molecule has 0 aromatic carbocycles. The van der Waals surface area contributed by atoms with E-state index in [4.69, 9.17) is 0 Å². The van der Waals surface area contributed by atoms with Gasteiger partial charge in [0.1, 0.15) is 0 Å². The molecule has 2 aliphatic heterocycles. The first kappa shape index (κ1) is 18.4. The SMILES string of the molecule is Cc1csc(N2CCN(C(=O)NC3CCCN(S(C)(=O)=O)C3)CC2)n1. The first-order valence-corrected chi connectivity index (χ1v) is 11.2. The van der Waals surface area contributed by atoms with Gasteiger partial charge in [0.2, 0.25) is 10.0 Å². The van der Waals surface area contributed by atoms with Crippen LogP contribution < -0.4 is 10.2 Å². The highest BCUT2D eigenvalue weighted by Gasteiger charge is 2.29. The molecule has 1 atom stereocenters. The lowest BCUT2D eigenvalue weighted by atomic mass is 10.1. The van der Waals surface area contributed by atoms with Crippen molar-refractivity contribution < 1.29 is 13.2 Å². The Morgan fingerprint density at radius 2 is 2.00 bits per heavy atom. The highest BCUT2D eigenvalue weighted by atomic mass is 32.2. The van der Waals surface area contributed by atoms with E-state index in [9.17, 15) is 13.2 Å². The first-order chi connectivity index (χ1) is 11.8. The Bertz CT molecular complexity index is 713. The second-order valence-electron chi connectivity index (χ2n) is 6.66. The predicted molar refractivity (Wildman–Crippen MR) is 98.6 cm³/mol. The van der Waals surface area contributed by atoms with Gasteiger partial charge in [-0.25, -0.2) is 22.5 Å². The number of hydrogen-bond donors (Lipinski definition) is 1. The molecule has 10 heteroatoms. The van der Waals surface area contributed by atoms with Crippen LogP contribution >= 0.6 is 11.3 Å². The molecule has 2 aliphatic rings. The molecule has 0 saturated carbocycles. The Kier molecular flexibility index (Phi) is 5.49. The van der Waals surface area contributed by atoms with E-state index in [0.717, 1.165) is 36.8 Å². The zero-order chi connectivity index (χ0) is 18.0. The van der Waals surface area contributed by atoms with Crippen LogP contribution in [0.4, 0.5) is 9.93 Å². The van der Waals surface area contributed by atoms with Crippen LogP contribution in [0.25, 0.3) is 0 Å². The van der Waals surface area contributed by atoms with Crippen molar-refractivity contribution in [2.45, 2.75) is 25.8 Å². The van der Waals surface area contributed by atoms with Gasteiger partial charge < -0.3 is 15.1 Å². The van der Waals surface area contributed by atoms with Gasteiger partial charge in [-0.1, -0.05) is 0 Å². The van der Waals surface area contributed by atoms with Crippen LogP contribution in [-0.2, 0) is 10.0 Å². The minimum atomic E-state index is -3.20. The molecule has 2 amide bonds. The van der Waals surface area contributed by atoms with Crippen molar-refractivity contribution in [3.63, 3.8) is 0 Å². The average molecular weight is 388 g/mol. The fourth-order valence-electron chi connectivity index (χ4n) is 3.21. The number of carbonyl (C=O) groups excluding carboxylic acids is 1. The number of nitrogens with one attached hydrogen (secondary N) is 1. The van der Waals surface area contributed by atoms with Crippen molar-refractivity contribution in [1.82, 2.24) is 19.5 Å². The summed E-state index contributed by atoms with van der Waals surface area (Å²) in [4.78, 5) is 21.0. The molecular formula is C15H25N5O3S2. The number of piperazine rings is 1. The van der Waals surface area contributed by atoms with Crippen molar-refractivity contribution in [2.75, 3.05) is 50.4 Å². The highest BCUT2D eigenvalue weighted by Crippen LogP contribution is 2.21. The largest absolute Gasteiger partial charge is 0.345 e. The zero-order valence-electron chi connectivity index (χ0n) is 14.6. The average Bonchev–Trinajstić information content (AvgIpc) is 3.01. The molecule has 0 spiro atoms. The van der Waals surface area contributed by atoms with Gasteiger partial charge in [0.25, 0.3) is 0 Å². The zero-order valence-corrected chi connectivity index (χ0v) is 16.3. The normalized spacial score (nSPS) is 22.9. The van der Waals surface area contributed by atoms with Crippen molar-refractivity contribution >= 4 is 32.5 Å². The fourth-order valence-corrected chi connectivity index (χ4v) is 4.98. The summed E-state index contributed by atoms with van der Waals surface area (Å²) in [5.41, 5.74) is 1.02. The number of carbonyl (C=O) groups is 1. The Balaban J connectivity index is 1.49. The second kappa shape index (κ2) is 7.46. The summed E-state index contributed by atoms with van der Waals surface area (Å²) in [5.74, 6) is 0. The van der Waals surface area contributed by atoms with Gasteiger partial charge in [-0.15, -0.1) is 11.3 Å². The molecule has 1 N–H and O–H groups in total. The summed E-state index contributed by atoms with van der Waals surface area (Å²) in [6, 6.07) is -0.217. The van der Waals surface area contributed by atoms with Gasteiger partial charge in [0, 0.05) is 50.7 Å². The molecule has 1 unspecified atom stereocenters. The molecule has 3 rings (SSSR count). The van der Waals surface area contributed by atoms with Crippen molar-refractivity contribution in [1.29, 1.82) is 0 Å². The van der Waals surface area contributed by atoms with E-state index in [1.807, 2.05) is 12.3 Å². The maximum Gasteiger partial charge on any atom is 0.317 e. The molecule has 0 radical (unpaired) electrons. The van der Waals surface area contributed by atoms with E-state index in [2.05, 4.69) is 15.2 Å². The minimum Gasteiger partial charge on any atom is -0.345 e. The third-order valence-corrected chi connectivity index (χ3v) is 6.91. The van der Waals surface area contributed by atoms with Gasteiger partial charge in [0.15, 0.2) is 5.13 Å². The Morgan fingerprint density at radius 3 is 2.60 bits per heavy atom. The van der Waals surface area contributed by atoms with Crippen LogP contribution in [0, 0.1) is 6.92 Å². The Morgan fingerprint density at radius 1 is 1.28 bits per heavy atom. The number of urea groups is 1. The van der Waals surface area contributed by atoms with E-state index in [-0.39, 0.29) is 12.1 Å². The highest BCUT2D eigenvalue weighted by molar-refractivity contribution is 7.88.